The van der Waals surface area contributed by atoms with E-state index in [2.05, 4.69) is 20.3 Å². The molecule has 0 amide bonds. The molecule has 0 aliphatic carbocycles. The maximum atomic E-state index is 12.3. The lowest BCUT2D eigenvalue weighted by Crippen LogP contribution is -2.69. The van der Waals surface area contributed by atoms with Crippen molar-refractivity contribution in [3.8, 4) is 28.7 Å². The van der Waals surface area contributed by atoms with Gasteiger partial charge in [-0.25, -0.2) is 14.8 Å². The highest BCUT2D eigenvalue weighted by molar-refractivity contribution is 6.15. The van der Waals surface area contributed by atoms with Gasteiger partial charge in [0.2, 0.25) is 12.0 Å². The highest BCUT2D eigenvalue weighted by atomic mass is 16.7. The topological polar surface area (TPSA) is 278 Å². The van der Waals surface area contributed by atoms with E-state index in [9.17, 15) is 40.5 Å². The average Bonchev–Trinajstić information content (AvgIpc) is 3.80. The standard InChI is InChI=1S/C34H37N5O13/c1-36-8-9-48-29-24(51-33-28(43)30(44)34(47,31(52-33)32(45)46)12-17-13-37-15-38-17)11-23-26(27(29)42)20(40)10-22(50-23)16-2-4-18(5-3-16)49-14-21(41)19-6-7-25(35)39-19/h2-7,10-11,15,21-22,28,30-31,33,35-36,40-44,47H,8-9,12-14H2,1H3,(H,45,46). The molecular formula is C34H37N5O13. The molecule has 52 heavy (non-hydrogen) atoms. The Labute approximate surface area is 295 Å². The fourth-order valence-corrected chi connectivity index (χ4v) is 5.93. The molecule has 1 fully saturated rings. The molecule has 0 aromatic heterocycles. The first-order valence-corrected chi connectivity index (χ1v) is 16.1. The lowest BCUT2D eigenvalue weighted by molar-refractivity contribution is -0.303. The molecule has 7 unspecified atom stereocenters. The van der Waals surface area contributed by atoms with Gasteiger partial charge in [-0.3, -0.25) is 10.4 Å². The van der Waals surface area contributed by atoms with Crippen molar-refractivity contribution >= 4 is 35.3 Å². The number of aliphatic imine (C=N–C) groups is 3. The first-order valence-electron chi connectivity index (χ1n) is 16.1. The number of aromatic hydroxyl groups is 1. The molecule has 4 heterocycles. The molecule has 2 aromatic rings. The fourth-order valence-electron chi connectivity index (χ4n) is 5.93. The first-order chi connectivity index (χ1) is 24.9. The van der Waals surface area contributed by atoms with Crippen molar-refractivity contribution in [3.63, 3.8) is 0 Å². The van der Waals surface area contributed by atoms with Crippen LogP contribution in [0.4, 0.5) is 0 Å². The number of carbonyl (C=O) groups is 1. The number of rotatable bonds is 14. The predicted octanol–water partition coefficient (Wildman–Crippen LogP) is 0.265. The summed E-state index contributed by atoms with van der Waals surface area (Å²) in [6.45, 7) is 0.253. The van der Waals surface area contributed by atoms with Gasteiger partial charge >= 0.3 is 5.97 Å². The third kappa shape index (κ3) is 7.33. The molecule has 4 aliphatic heterocycles. The highest BCUT2D eigenvalue weighted by Gasteiger charge is 2.59. The Morgan fingerprint density at radius 3 is 2.60 bits per heavy atom. The van der Waals surface area contributed by atoms with Gasteiger partial charge in [0.1, 0.15) is 78.2 Å². The molecule has 0 saturated carbocycles. The van der Waals surface area contributed by atoms with E-state index in [1.54, 1.807) is 31.3 Å². The number of hydrogen-bond acceptors (Lipinski definition) is 16. The summed E-state index contributed by atoms with van der Waals surface area (Å²) >= 11 is 0. The molecule has 0 spiro atoms. The van der Waals surface area contributed by atoms with Crippen molar-refractivity contribution in [2.45, 2.75) is 48.8 Å². The number of hydrogen-bond donors (Lipinski definition) is 9. The molecule has 6 rings (SSSR count). The summed E-state index contributed by atoms with van der Waals surface area (Å²) in [7, 11) is 1.67. The maximum absolute atomic E-state index is 12.3. The van der Waals surface area contributed by atoms with Crippen LogP contribution in [-0.2, 0) is 9.53 Å². The Balaban J connectivity index is 1.24. The molecule has 276 valence electrons. The van der Waals surface area contributed by atoms with Crippen molar-refractivity contribution in [1.82, 2.24) is 5.32 Å². The summed E-state index contributed by atoms with van der Waals surface area (Å²) in [6, 6.07) is 7.78. The lowest BCUT2D eigenvalue weighted by atomic mass is 9.80. The van der Waals surface area contributed by atoms with E-state index in [0.29, 0.717) is 23.6 Å². The van der Waals surface area contributed by atoms with Crippen molar-refractivity contribution in [3.05, 3.63) is 59.7 Å². The zero-order valence-corrected chi connectivity index (χ0v) is 27.6. The second-order valence-corrected chi connectivity index (χ2v) is 12.2. The Morgan fingerprint density at radius 2 is 1.94 bits per heavy atom. The van der Waals surface area contributed by atoms with Crippen LogP contribution in [0, 0.1) is 5.41 Å². The van der Waals surface area contributed by atoms with Crippen LogP contribution in [0.3, 0.4) is 0 Å². The minimum Gasteiger partial charge on any atom is -0.507 e. The number of carboxylic acid groups (broad SMARTS) is 1. The third-order valence-corrected chi connectivity index (χ3v) is 8.61. The van der Waals surface area contributed by atoms with Crippen LogP contribution >= 0.6 is 0 Å². The number of nitrogens with one attached hydrogen (secondary N) is 2. The largest absolute Gasteiger partial charge is 0.507 e. The van der Waals surface area contributed by atoms with Crippen molar-refractivity contribution in [2.24, 2.45) is 15.0 Å². The van der Waals surface area contributed by atoms with E-state index in [1.165, 1.54) is 30.6 Å². The zero-order chi connectivity index (χ0) is 37.2. The molecular weight excluding hydrogens is 686 g/mol. The van der Waals surface area contributed by atoms with Gasteiger partial charge in [0.15, 0.2) is 17.6 Å². The molecule has 7 atom stereocenters. The summed E-state index contributed by atoms with van der Waals surface area (Å²) < 4.78 is 28.9. The number of nitrogens with zero attached hydrogens (tertiary/aromatic N) is 3. The minimum atomic E-state index is -2.51. The van der Waals surface area contributed by atoms with Crippen LogP contribution in [0.5, 0.6) is 28.7 Å². The Kier molecular flexibility index (Phi) is 10.6. The molecule has 4 aliphatic rings. The summed E-state index contributed by atoms with van der Waals surface area (Å²) in [6.07, 6.45) is -4.94. The minimum absolute atomic E-state index is 0.00841. The smallest absolute Gasteiger partial charge is 0.336 e. The number of aliphatic hydroxyl groups excluding tert-OH is 4. The fraction of sp³-hybridized carbons (Fsp3) is 0.382. The van der Waals surface area contributed by atoms with E-state index in [4.69, 9.17) is 29.1 Å². The molecule has 18 heteroatoms. The number of phenols is 1. The van der Waals surface area contributed by atoms with Crippen LogP contribution in [-0.4, -0.2) is 135 Å². The molecule has 0 radical (unpaired) electrons. The van der Waals surface area contributed by atoms with Gasteiger partial charge in [0, 0.05) is 30.8 Å². The summed E-state index contributed by atoms with van der Waals surface area (Å²) in [5, 5.41) is 86.4. The van der Waals surface area contributed by atoms with Gasteiger partial charge in [-0.15, -0.1) is 0 Å². The number of ether oxygens (including phenoxy) is 5. The van der Waals surface area contributed by atoms with Crippen LogP contribution in [0.15, 0.2) is 63.5 Å². The Hall–Kier alpha value is -5.37. The van der Waals surface area contributed by atoms with Gasteiger partial charge in [0.25, 0.3) is 0 Å². The molecule has 2 aromatic carbocycles. The average molecular weight is 724 g/mol. The second-order valence-electron chi connectivity index (χ2n) is 12.2. The van der Waals surface area contributed by atoms with Gasteiger partial charge in [-0.05, 0) is 36.9 Å². The summed E-state index contributed by atoms with van der Waals surface area (Å²) in [5.41, 5.74) is -1.53. The van der Waals surface area contributed by atoms with Gasteiger partial charge in [0.05, 0.1) is 12.3 Å². The van der Waals surface area contributed by atoms with E-state index in [-0.39, 0.29) is 59.9 Å². The van der Waals surface area contributed by atoms with Gasteiger partial charge in [-0.1, -0.05) is 12.1 Å². The van der Waals surface area contributed by atoms with Crippen LogP contribution in [0.2, 0.25) is 0 Å². The molecule has 1 saturated heterocycles. The summed E-state index contributed by atoms with van der Waals surface area (Å²) in [4.78, 5) is 24.0. The van der Waals surface area contributed by atoms with E-state index in [0.717, 1.165) is 0 Å². The quantitative estimate of drug-likeness (QED) is 0.118. The molecule has 0 bridgehead atoms. The number of likely N-dealkylation sites (N-methyl/N-ethyl adjacent to an activating group) is 1. The van der Waals surface area contributed by atoms with E-state index < -0.39 is 60.6 Å². The lowest BCUT2D eigenvalue weighted by Gasteiger charge is -2.46. The van der Waals surface area contributed by atoms with Crippen molar-refractivity contribution in [1.29, 1.82) is 5.41 Å². The van der Waals surface area contributed by atoms with Gasteiger partial charge in [-0.2, -0.15) is 0 Å². The van der Waals surface area contributed by atoms with Crippen molar-refractivity contribution in [2.75, 3.05) is 33.4 Å². The summed E-state index contributed by atoms with van der Waals surface area (Å²) in [5.74, 6) is -2.89. The monoisotopic (exact) mass is 723 g/mol. The number of aliphatic carboxylic acids is 1. The number of carboxylic acids is 1. The Morgan fingerprint density at radius 1 is 1.17 bits per heavy atom. The maximum Gasteiger partial charge on any atom is 0.336 e. The number of fused-ring (bicyclic) bond motifs is 1. The zero-order valence-electron chi connectivity index (χ0n) is 27.6. The van der Waals surface area contributed by atoms with E-state index in [1.807, 2.05) is 0 Å². The number of phenolic OH excluding ortho intramolecular Hbond substituents is 1. The number of amidine groups is 1. The second kappa shape index (κ2) is 15.1. The van der Waals surface area contributed by atoms with Crippen LogP contribution in [0.25, 0.3) is 5.76 Å². The molecule has 9 N–H and O–H groups in total. The number of benzene rings is 2. The van der Waals surface area contributed by atoms with E-state index >= 15 is 0 Å². The highest BCUT2D eigenvalue weighted by Crippen LogP contribution is 2.51. The normalized spacial score (nSPS) is 26.9. The van der Waals surface area contributed by atoms with Crippen LogP contribution in [0.1, 0.15) is 23.7 Å². The number of aliphatic hydroxyl groups is 5. The van der Waals surface area contributed by atoms with Gasteiger partial charge < -0.3 is 64.7 Å². The van der Waals surface area contributed by atoms with Crippen LogP contribution < -0.4 is 24.3 Å². The Bertz CT molecular complexity index is 1860. The molecule has 18 nitrogen and oxygen atoms in total. The SMILES string of the molecule is CNCCOc1c(OC2OC(C(=O)O)C(O)(CC3=NC=NC3)C(O)C2O)cc2c(c1O)C(O)=CC(c1ccc(OCC(O)C3=NC(=N)C=C3)cc1)O2. The predicted molar refractivity (Wildman–Crippen MR) is 183 cm³/mol. The third-order valence-electron chi connectivity index (χ3n) is 8.61. The first kappa shape index (κ1) is 36.4. The van der Waals surface area contributed by atoms with Crippen molar-refractivity contribution < 1.29 is 64.2 Å².